The molecule has 0 saturated carbocycles. The molecule has 0 radical (unpaired) electrons. The lowest BCUT2D eigenvalue weighted by atomic mass is 10.0. The van der Waals surface area contributed by atoms with Crippen LogP contribution in [-0.2, 0) is 69.5 Å². The van der Waals surface area contributed by atoms with Crippen molar-refractivity contribution in [2.45, 2.75) is 141 Å². The Morgan fingerprint density at radius 1 is 0.532 bits per heavy atom. The number of ketones is 1. The van der Waals surface area contributed by atoms with Crippen molar-refractivity contribution in [2.24, 2.45) is 0 Å². The van der Waals surface area contributed by atoms with Crippen molar-refractivity contribution in [1.29, 1.82) is 0 Å². The summed E-state index contributed by atoms with van der Waals surface area (Å²) < 4.78 is 171. The number of aryl methyl sites for hydroxylation is 2. The molecule has 0 aliphatic heterocycles. The van der Waals surface area contributed by atoms with E-state index < -0.39 is 88.4 Å². The molecule has 21 heteroatoms. The maximum absolute atomic E-state index is 13.3. The Kier molecular flexibility index (Phi) is 18.9. The third-order valence-corrected chi connectivity index (χ3v) is 12.2. The van der Waals surface area contributed by atoms with Crippen LogP contribution in [0.1, 0.15) is 147 Å². The van der Waals surface area contributed by atoms with Crippen molar-refractivity contribution >= 4 is 36.1 Å². The average molecular weight is 1100 g/mol. The second kappa shape index (κ2) is 23.8. The molecule has 2 aliphatic rings. The van der Waals surface area contributed by atoms with Crippen LogP contribution < -0.4 is 0 Å². The second-order valence-electron chi connectivity index (χ2n) is 20.5. The molecular weight excluding hydrogens is 1040 g/mol. The molecule has 2 aliphatic carbocycles. The summed E-state index contributed by atoms with van der Waals surface area (Å²) in [6.45, 7) is 11.4. The first-order chi connectivity index (χ1) is 35.4. The summed E-state index contributed by atoms with van der Waals surface area (Å²) in [4.78, 5) is 51.5. The van der Waals surface area contributed by atoms with E-state index in [0.29, 0.717) is 61.9 Å². The smallest absolute Gasteiger partial charge is 0.416 e. The van der Waals surface area contributed by atoms with Gasteiger partial charge in [0.15, 0.2) is 5.78 Å². The zero-order valence-electron chi connectivity index (χ0n) is 43.1. The summed E-state index contributed by atoms with van der Waals surface area (Å²) in [5.41, 5.74) is -2.97. The van der Waals surface area contributed by atoms with Crippen LogP contribution in [0.15, 0.2) is 84.9 Å². The molecule has 4 aromatic carbocycles. The van der Waals surface area contributed by atoms with Gasteiger partial charge in [-0.2, -0.15) is 52.7 Å². The van der Waals surface area contributed by atoms with Crippen LogP contribution in [0.2, 0.25) is 0 Å². The van der Waals surface area contributed by atoms with E-state index in [2.05, 4.69) is 0 Å². The number of halogens is 12. The number of ether oxygens (including phenoxy) is 2. The molecule has 6 rings (SSSR count). The van der Waals surface area contributed by atoms with Crippen molar-refractivity contribution in [3.05, 3.63) is 152 Å². The minimum Gasteiger partial charge on any atom is -0.478 e. The fraction of sp³-hybridized carbons (Fsp3) is 0.429. The van der Waals surface area contributed by atoms with E-state index >= 15 is 0 Å². The number of hydrogen-bond acceptors (Lipinski definition) is 6. The number of hydrogen-bond donors (Lipinski definition) is 1. The second-order valence-corrected chi connectivity index (χ2v) is 20.5. The van der Waals surface area contributed by atoms with Gasteiger partial charge in [-0.3, -0.25) is 4.79 Å². The number of nitrogens with zero attached hydrogens (tertiary/aromatic N) is 2. The number of carbonyl (C=O) groups is 4. The Labute approximate surface area is 437 Å². The van der Waals surface area contributed by atoms with Gasteiger partial charge in [0.2, 0.25) is 0 Å². The van der Waals surface area contributed by atoms with Gasteiger partial charge in [0, 0.05) is 25.6 Å². The number of carbonyl (C=O) groups excluding carboxylic acids is 3. The van der Waals surface area contributed by atoms with Crippen molar-refractivity contribution < 1.29 is 86.4 Å². The van der Waals surface area contributed by atoms with Gasteiger partial charge in [0.05, 0.1) is 34.3 Å². The summed E-state index contributed by atoms with van der Waals surface area (Å²) >= 11 is 0. The van der Waals surface area contributed by atoms with Crippen molar-refractivity contribution in [3.63, 3.8) is 0 Å². The molecular formula is C56H58F12N2O7. The van der Waals surface area contributed by atoms with Gasteiger partial charge in [-0.15, -0.1) is 0 Å². The third-order valence-electron chi connectivity index (χ3n) is 12.2. The first-order valence-corrected chi connectivity index (χ1v) is 24.4. The highest BCUT2D eigenvalue weighted by Crippen LogP contribution is 2.42. The molecule has 0 heterocycles. The van der Waals surface area contributed by atoms with Crippen LogP contribution in [-0.4, -0.2) is 63.1 Å². The van der Waals surface area contributed by atoms with E-state index in [1.807, 2.05) is 12.1 Å². The Hall–Kier alpha value is -6.80. The lowest BCUT2D eigenvalue weighted by Gasteiger charge is -2.32. The van der Waals surface area contributed by atoms with E-state index in [-0.39, 0.29) is 55.0 Å². The van der Waals surface area contributed by atoms with E-state index in [1.165, 1.54) is 22.0 Å². The quantitative estimate of drug-likeness (QED) is 0.105. The number of fused-ring (bicyclic) bond motifs is 2. The van der Waals surface area contributed by atoms with Crippen molar-refractivity contribution in [2.75, 3.05) is 13.1 Å². The lowest BCUT2D eigenvalue weighted by molar-refractivity contribution is -0.144. The number of aliphatic carboxylic acids is 1. The summed E-state index contributed by atoms with van der Waals surface area (Å²) in [5, 5.41) is 8.84. The monoisotopic (exact) mass is 1100 g/mol. The standard InChI is InChI=1S/C29H31F6NO3.C27H27F6NO4/c1-5-23(37)9-6-18-7-10-24-20(14-18)8-11-25(24)36(26(38)39-27(2,3)4)13-12-19-15-21(28(30,31)32)17-22(16-19)29(33,34)35;1-25(2,3)38-24(37)34(22-8-6-18-12-16(4-7-21(18)22)5-9-23(35)36)11-10-17-13-19(26(28,29)30)15-20(14-17)27(31,32)33/h6-7,9-10,14-17,25H,5,8,11-13H2,1-4H3;4-5,7,9,12-15,22H,6,8,10-11H2,1-3H3,(H,35,36)/b9-6+;9-5+. The summed E-state index contributed by atoms with van der Waals surface area (Å²) in [6.07, 6.45) is -13.7. The molecule has 0 saturated heterocycles. The summed E-state index contributed by atoms with van der Waals surface area (Å²) in [7, 11) is 0. The van der Waals surface area contributed by atoms with Crippen LogP contribution in [0.4, 0.5) is 62.3 Å². The normalized spacial score (nSPS) is 15.9. The van der Waals surface area contributed by atoms with E-state index in [9.17, 15) is 71.9 Å². The number of carboxylic acids is 1. The molecule has 2 amide bonds. The highest BCUT2D eigenvalue weighted by Gasteiger charge is 2.40. The first kappa shape index (κ1) is 61.1. The molecule has 0 bridgehead atoms. The number of alkyl halides is 12. The predicted octanol–water partition coefficient (Wildman–Crippen LogP) is 15.5. The highest BCUT2D eigenvalue weighted by atomic mass is 19.4. The van der Waals surface area contributed by atoms with Crippen molar-refractivity contribution in [1.82, 2.24) is 9.80 Å². The number of rotatable bonds is 13. The van der Waals surface area contributed by atoms with Gasteiger partial charge in [-0.05, 0) is 173 Å². The van der Waals surface area contributed by atoms with Gasteiger partial charge < -0.3 is 24.4 Å². The van der Waals surface area contributed by atoms with E-state index in [1.54, 1.807) is 78.8 Å². The van der Waals surface area contributed by atoms with Gasteiger partial charge in [0.1, 0.15) is 11.2 Å². The zero-order valence-corrected chi connectivity index (χ0v) is 43.1. The molecule has 1 N–H and O–H groups in total. The Morgan fingerprint density at radius 2 is 0.870 bits per heavy atom. The maximum Gasteiger partial charge on any atom is 0.416 e. The zero-order chi connectivity index (χ0) is 57.6. The van der Waals surface area contributed by atoms with E-state index in [4.69, 9.17) is 14.6 Å². The number of carboxylic acid groups (broad SMARTS) is 1. The Bertz CT molecular complexity index is 2790. The van der Waals surface area contributed by atoms with Crippen molar-refractivity contribution in [3.8, 4) is 0 Å². The number of allylic oxidation sites excluding steroid dienone is 1. The summed E-state index contributed by atoms with van der Waals surface area (Å²) in [6, 6.07) is 12.6. The van der Waals surface area contributed by atoms with Gasteiger partial charge in [-0.1, -0.05) is 49.4 Å². The molecule has 4 aromatic rings. The SMILES string of the molecule is CC(C)(C)OC(=O)N(CCc1cc(C(F)(F)F)cc(C(F)(F)F)c1)C1CCc2cc(/C=C/C(=O)O)ccc21.CCC(=O)/C=C/c1ccc2c(c1)CCC2N(CCc1cc(C(F)(F)F)cc(C(F)(F)F)c1)C(=O)OC(C)(C)C. The fourth-order valence-corrected chi connectivity index (χ4v) is 8.78. The van der Waals surface area contributed by atoms with Crippen LogP contribution in [0.3, 0.4) is 0 Å². The van der Waals surface area contributed by atoms with E-state index in [0.717, 1.165) is 33.9 Å². The Balaban J connectivity index is 0.000000284. The molecule has 2 atom stereocenters. The molecule has 0 aromatic heterocycles. The topological polar surface area (TPSA) is 113 Å². The largest absolute Gasteiger partial charge is 0.478 e. The van der Waals surface area contributed by atoms with Crippen LogP contribution in [0, 0.1) is 0 Å². The minimum atomic E-state index is -4.97. The molecule has 0 spiro atoms. The number of amides is 2. The van der Waals surface area contributed by atoms with Crippen LogP contribution in [0.25, 0.3) is 12.2 Å². The Morgan fingerprint density at radius 3 is 1.17 bits per heavy atom. The lowest BCUT2D eigenvalue weighted by Crippen LogP contribution is -2.40. The van der Waals surface area contributed by atoms with Gasteiger partial charge in [-0.25, -0.2) is 14.4 Å². The predicted molar refractivity (Wildman–Crippen MR) is 262 cm³/mol. The van der Waals surface area contributed by atoms with Gasteiger partial charge >= 0.3 is 42.9 Å². The molecule has 0 fully saturated rings. The van der Waals surface area contributed by atoms with Crippen LogP contribution >= 0.6 is 0 Å². The summed E-state index contributed by atoms with van der Waals surface area (Å²) in [5.74, 6) is -1.13. The van der Waals surface area contributed by atoms with Crippen LogP contribution in [0.5, 0.6) is 0 Å². The molecule has 418 valence electrons. The van der Waals surface area contributed by atoms with Gasteiger partial charge in [0.25, 0.3) is 0 Å². The highest BCUT2D eigenvalue weighted by molar-refractivity contribution is 5.93. The molecule has 2 unspecified atom stereocenters. The minimum absolute atomic E-state index is 0.0206. The first-order valence-electron chi connectivity index (χ1n) is 24.4. The third kappa shape index (κ3) is 17.6. The maximum atomic E-state index is 13.3. The average Bonchev–Trinajstić information content (AvgIpc) is 3.92. The fourth-order valence-electron chi connectivity index (χ4n) is 8.78. The molecule has 9 nitrogen and oxygen atoms in total. The molecule has 77 heavy (non-hydrogen) atoms. The number of benzene rings is 4.